The van der Waals surface area contributed by atoms with Crippen LogP contribution in [-0.4, -0.2) is 95.0 Å². The Hall–Kier alpha value is 0.0857. The molecule has 0 saturated heterocycles. The smallest absolute Gasteiger partial charge is 0.423 e. The summed E-state index contributed by atoms with van der Waals surface area (Å²) in [5, 5.41) is 0. The topological polar surface area (TPSA) is 180 Å². The van der Waals surface area contributed by atoms with E-state index in [1.165, 1.54) is 7.11 Å². The van der Waals surface area contributed by atoms with Gasteiger partial charge in [0.2, 0.25) is 9.28 Å². The summed E-state index contributed by atoms with van der Waals surface area (Å²) in [5.74, 6) is 0. The van der Waals surface area contributed by atoms with Crippen molar-refractivity contribution in [1.29, 1.82) is 0 Å². The van der Waals surface area contributed by atoms with E-state index in [-0.39, 0.29) is 0 Å². The molecule has 0 bridgehead atoms. The molecule has 0 unspecified atom stereocenters. The summed E-state index contributed by atoms with van der Waals surface area (Å²) in [5.41, 5.74) is 0. The molecule has 0 aliphatic carbocycles. The molecule has 0 fully saturated rings. The summed E-state index contributed by atoms with van der Waals surface area (Å²) in [7, 11) is -30.3. The molecule has 0 aliphatic heterocycles. The van der Waals surface area contributed by atoms with Crippen molar-refractivity contribution < 1.29 is 49.0 Å². The van der Waals surface area contributed by atoms with Gasteiger partial charge in [-0.15, -0.1) is 6.58 Å². The summed E-state index contributed by atoms with van der Waals surface area (Å²) in [6.45, 7) is 7.00. The Labute approximate surface area is 181 Å². The zero-order chi connectivity index (χ0) is 23.4. The van der Waals surface area contributed by atoms with E-state index in [0.29, 0.717) is 12.5 Å². The minimum Gasteiger partial charge on any atom is -0.423 e. The molecule has 22 heteroatoms. The van der Waals surface area contributed by atoms with Crippen LogP contribution in [-0.2, 0) is 49.0 Å². The number of hydrogen-bond acceptors (Lipinski definition) is 11. The van der Waals surface area contributed by atoms with Crippen molar-refractivity contribution in [2.75, 3.05) is 7.11 Å². The van der Waals surface area contributed by atoms with Crippen LogP contribution in [0.3, 0.4) is 0 Å². The van der Waals surface area contributed by atoms with Gasteiger partial charge in [0.25, 0.3) is 0 Å². The number of allylic oxidation sites excluding steroid dienone is 1. The Morgan fingerprint density at radius 3 is 1.62 bits per heavy atom. The predicted molar refractivity (Wildman–Crippen MR) is 111 cm³/mol. The molecule has 0 aromatic heterocycles. The van der Waals surface area contributed by atoms with Gasteiger partial charge in [-0.3, -0.25) is 8.92 Å². The maximum absolute atomic E-state index is 12.5. The lowest BCUT2D eigenvalue weighted by molar-refractivity contribution is 0.449. The van der Waals surface area contributed by atoms with E-state index in [1.807, 2.05) is 0 Å². The average Bonchev–Trinajstić information content (AvgIpc) is 2.68. The molecule has 0 rings (SSSR count). The molecule has 156 valence electrons. The van der Waals surface area contributed by atoms with Gasteiger partial charge in [0.15, 0.2) is 0 Å². The normalized spacial score (nSPS) is 10.2. The molecule has 0 saturated carbocycles. The van der Waals surface area contributed by atoms with Gasteiger partial charge in [-0.25, -0.2) is 0 Å². The van der Waals surface area contributed by atoms with Gasteiger partial charge in [0.1, 0.15) is 7.59 Å². The third-order valence-electron chi connectivity index (χ3n) is 3.35. The van der Waals surface area contributed by atoms with E-state index in [2.05, 4.69) is 11.0 Å². The molecule has 0 heterocycles. The highest BCUT2D eigenvalue weighted by Crippen LogP contribution is 2.12. The monoisotopic (exact) mass is 586 g/mol. The Kier molecular flexibility index (Phi) is 17.1. The highest BCUT2D eigenvalue weighted by molar-refractivity contribution is 7.77. The molecular weight excluding hydrogens is 569 g/mol. The molecule has 0 amide bonds. The molecule has 0 atom stereocenters. The van der Waals surface area contributed by atoms with Crippen molar-refractivity contribution in [2.24, 2.45) is 0 Å². The molecule has 0 aromatic rings. The van der Waals surface area contributed by atoms with Gasteiger partial charge in [-0.2, -0.15) is 0 Å². The Morgan fingerprint density at radius 2 is 1.24 bits per heavy atom. The summed E-state index contributed by atoms with van der Waals surface area (Å²) in [4.78, 5) is 0. The van der Waals surface area contributed by atoms with Gasteiger partial charge in [-0.05, 0) is 6.42 Å². The van der Waals surface area contributed by atoms with E-state index in [4.69, 9.17) is 8.92 Å². The number of hydrogen-bond donors (Lipinski definition) is 0. The first kappa shape index (κ1) is 31.3. The minimum atomic E-state index is -3.55. The number of rotatable bonds is 13. The van der Waals surface area contributed by atoms with Gasteiger partial charge >= 0.3 is 71.0 Å². The fourth-order valence-electron chi connectivity index (χ4n) is 1.72. The van der Waals surface area contributed by atoms with E-state index < -0.39 is 87.9 Å². The molecule has 0 N–H and O–H groups in total. The molecule has 0 aliphatic rings. The van der Waals surface area contributed by atoms with Crippen LogP contribution in [0, 0.1) is 0 Å². The van der Waals surface area contributed by atoms with Crippen molar-refractivity contribution in [3.05, 3.63) is 12.7 Å². The van der Waals surface area contributed by atoms with Crippen molar-refractivity contribution in [1.82, 2.24) is 0 Å². The van der Waals surface area contributed by atoms with Gasteiger partial charge in [-0.1, -0.05) is 25.2 Å². The summed E-state index contributed by atoms with van der Waals surface area (Å²) in [6, 6.07) is 0.518. The van der Waals surface area contributed by atoms with E-state index in [1.54, 1.807) is 19.2 Å². The zero-order valence-corrected chi connectivity index (χ0v) is 27.3. The van der Waals surface area contributed by atoms with Crippen LogP contribution in [0.5, 0.6) is 0 Å². The second-order valence-electron chi connectivity index (χ2n) is 5.95. The molecular formula is C7H18O11Si11. The van der Waals surface area contributed by atoms with Crippen LogP contribution in [0.4, 0.5) is 0 Å². The lowest BCUT2D eigenvalue weighted by Gasteiger charge is -2.16. The standard InChI is InChI=1S/C7H18O9Si10.O2Si/c1-5-6-7-26(3,4)25(15)24(14)23(13)22(12)21(11)20(10)19(9)18(8)17-16-2;1-3-2/h5H,1,6-7,17H2,2-4H3;. The third-order valence-corrected chi connectivity index (χ3v) is 78.7. The predicted octanol–water partition coefficient (Wildman–Crippen LogP) is -3.12. The zero-order valence-electron chi connectivity index (χ0n) is 15.9. The average molecular weight is 587 g/mol. The summed E-state index contributed by atoms with van der Waals surface area (Å²) >= 11 is 0. The van der Waals surface area contributed by atoms with Crippen LogP contribution >= 0.6 is 0 Å². The highest BCUT2D eigenvalue weighted by atomic mass is 30.1. The van der Waals surface area contributed by atoms with Crippen LogP contribution in [0.2, 0.25) is 19.1 Å². The summed E-state index contributed by atoms with van der Waals surface area (Å²) < 4.78 is 118. The van der Waals surface area contributed by atoms with Crippen molar-refractivity contribution in [3.8, 4) is 0 Å². The first-order valence-electron chi connectivity index (χ1n) is 7.76. The fourth-order valence-corrected chi connectivity index (χ4v) is 105. The lowest BCUT2D eigenvalue weighted by Crippen LogP contribution is -2.55. The molecule has 0 aromatic carbocycles. The van der Waals surface area contributed by atoms with Gasteiger partial charge in [0.05, 0.1) is 0 Å². The fraction of sp³-hybridized carbons (Fsp3) is 0.714. The first-order chi connectivity index (χ1) is 13.3. The Balaban J connectivity index is 0. The Morgan fingerprint density at radius 1 is 0.862 bits per heavy atom. The van der Waals surface area contributed by atoms with E-state index in [9.17, 15) is 35.7 Å². The van der Waals surface area contributed by atoms with Crippen molar-refractivity contribution in [2.45, 2.75) is 25.6 Å². The van der Waals surface area contributed by atoms with Gasteiger partial charge in [0, 0.05) is 7.11 Å². The molecule has 0 radical (unpaired) electrons. The summed E-state index contributed by atoms with van der Waals surface area (Å²) in [6.07, 6.45) is 2.19. The third kappa shape index (κ3) is 10.8. The SMILES string of the molecule is C=CCC[Si](C)(C)[Si](=O)[Si](=O)[Si](=O)[Si](=O)[Si](=O)[Si](=O)[Si](=O)[Si](=O)[SiH2]OC.O=[Si]=O. The lowest BCUT2D eigenvalue weighted by atomic mass is 10.5. The van der Waals surface area contributed by atoms with Crippen molar-refractivity contribution >= 4 is 87.9 Å². The van der Waals surface area contributed by atoms with Gasteiger partial charge < -0.3 is 40.1 Å². The highest BCUT2D eigenvalue weighted by Gasteiger charge is 2.51. The van der Waals surface area contributed by atoms with Crippen LogP contribution < -0.4 is 0 Å². The van der Waals surface area contributed by atoms with E-state index >= 15 is 0 Å². The largest absolute Gasteiger partial charge is 0.549 e. The Bertz CT molecular complexity index is 810. The van der Waals surface area contributed by atoms with Crippen LogP contribution in [0.25, 0.3) is 0 Å². The molecule has 29 heavy (non-hydrogen) atoms. The first-order valence-corrected chi connectivity index (χ1v) is 34.0. The van der Waals surface area contributed by atoms with E-state index in [0.717, 1.165) is 0 Å². The molecule has 0 spiro atoms. The maximum atomic E-state index is 12.5. The van der Waals surface area contributed by atoms with Crippen LogP contribution in [0.1, 0.15) is 6.42 Å². The quantitative estimate of drug-likeness (QED) is 0.157. The van der Waals surface area contributed by atoms with Crippen molar-refractivity contribution in [3.63, 3.8) is 0 Å². The second kappa shape index (κ2) is 15.8. The van der Waals surface area contributed by atoms with Crippen LogP contribution in [0.15, 0.2) is 12.7 Å². The second-order valence-corrected chi connectivity index (χ2v) is 56.9. The molecule has 11 nitrogen and oxygen atoms in total. The maximum Gasteiger partial charge on any atom is 0.549 e. The minimum absolute atomic E-state index is 0.518.